The number of rotatable bonds is 10. The molecular weight excluding hydrogens is 438 g/mol. The van der Waals surface area contributed by atoms with Crippen LogP contribution in [0.5, 0.6) is 0 Å². The van der Waals surface area contributed by atoms with E-state index in [1.54, 1.807) is 18.5 Å². The molecule has 3 rings (SSSR count). The molecule has 3 N–H and O–H groups in total. The summed E-state index contributed by atoms with van der Waals surface area (Å²) < 4.78 is 0. The topological polar surface area (TPSA) is 108 Å². The third-order valence-corrected chi connectivity index (χ3v) is 6.13. The van der Waals surface area contributed by atoms with Crippen molar-refractivity contribution in [1.82, 2.24) is 15.6 Å². The monoisotopic (exact) mass is 465 g/mol. The first-order valence-electron chi connectivity index (χ1n) is 10.6. The van der Waals surface area contributed by atoms with Crippen LogP contribution in [0, 0.1) is 0 Å². The van der Waals surface area contributed by atoms with Gasteiger partial charge >= 0.3 is 5.97 Å². The number of carboxylic acids is 1. The Bertz CT molecular complexity index is 1100. The van der Waals surface area contributed by atoms with Crippen LogP contribution in [0.25, 0.3) is 10.4 Å². The predicted molar refractivity (Wildman–Crippen MR) is 128 cm³/mol. The number of aliphatic carboxylic acids is 1. The molecule has 0 spiro atoms. The van der Waals surface area contributed by atoms with E-state index in [9.17, 15) is 14.4 Å². The highest BCUT2D eigenvalue weighted by molar-refractivity contribution is 7.17. The van der Waals surface area contributed by atoms with Gasteiger partial charge in [-0.1, -0.05) is 36.4 Å². The average molecular weight is 466 g/mol. The van der Waals surface area contributed by atoms with Gasteiger partial charge in [0, 0.05) is 34.8 Å². The van der Waals surface area contributed by atoms with Gasteiger partial charge in [0.25, 0.3) is 5.91 Å². The second kappa shape index (κ2) is 10.9. The van der Waals surface area contributed by atoms with Crippen LogP contribution in [0.2, 0.25) is 0 Å². The van der Waals surface area contributed by atoms with Crippen molar-refractivity contribution >= 4 is 29.1 Å². The van der Waals surface area contributed by atoms with Gasteiger partial charge in [-0.15, -0.1) is 11.3 Å². The lowest BCUT2D eigenvalue weighted by atomic mass is 9.94. The van der Waals surface area contributed by atoms with E-state index in [0.717, 1.165) is 16.0 Å². The molecule has 0 fully saturated rings. The first-order valence-corrected chi connectivity index (χ1v) is 11.4. The van der Waals surface area contributed by atoms with E-state index in [1.807, 2.05) is 62.4 Å². The molecule has 33 heavy (non-hydrogen) atoms. The molecule has 0 aliphatic rings. The highest BCUT2D eigenvalue weighted by Crippen LogP contribution is 2.27. The van der Waals surface area contributed by atoms with Crippen molar-refractivity contribution in [2.45, 2.75) is 44.7 Å². The van der Waals surface area contributed by atoms with E-state index in [-0.39, 0.29) is 12.8 Å². The van der Waals surface area contributed by atoms with Crippen LogP contribution in [0.1, 0.15) is 41.9 Å². The zero-order valence-electron chi connectivity index (χ0n) is 18.6. The van der Waals surface area contributed by atoms with Crippen molar-refractivity contribution in [2.75, 3.05) is 0 Å². The number of benzene rings is 1. The number of thiophene rings is 1. The van der Waals surface area contributed by atoms with Crippen molar-refractivity contribution in [1.29, 1.82) is 0 Å². The molecule has 2 amide bonds. The number of carboxylic acid groups (broad SMARTS) is 1. The lowest BCUT2D eigenvalue weighted by molar-refractivity contribution is -0.137. The molecule has 0 aliphatic carbocycles. The Labute approximate surface area is 196 Å². The Kier molecular flexibility index (Phi) is 7.95. The minimum absolute atomic E-state index is 0.00480. The van der Waals surface area contributed by atoms with Gasteiger partial charge in [0.05, 0.1) is 4.88 Å². The van der Waals surface area contributed by atoms with E-state index >= 15 is 0 Å². The minimum Gasteiger partial charge on any atom is -0.481 e. The van der Waals surface area contributed by atoms with Crippen LogP contribution >= 0.6 is 11.3 Å². The molecular formula is C25H27N3O4S. The highest BCUT2D eigenvalue weighted by atomic mass is 32.1. The third-order valence-electron chi connectivity index (χ3n) is 5.00. The minimum atomic E-state index is -1.03. The van der Waals surface area contributed by atoms with Crippen LogP contribution in [-0.2, 0) is 16.0 Å². The standard InChI is InChI=1S/C25H27N3O4S/c1-25(2,15-17-7-4-3-5-8-17)28-23(31)19(10-13-22(29)30)27-24(32)21-12-11-20(33-21)18-9-6-14-26-16-18/h3-9,11-12,14,16,19H,10,13,15H2,1-2H3,(H,27,32)(H,28,31)(H,29,30)/t19-/m0/s1. The van der Waals surface area contributed by atoms with Gasteiger partial charge in [0.2, 0.25) is 5.91 Å². The normalized spacial score (nSPS) is 12.1. The van der Waals surface area contributed by atoms with Crippen LogP contribution in [0.4, 0.5) is 0 Å². The summed E-state index contributed by atoms with van der Waals surface area (Å²) >= 11 is 1.29. The van der Waals surface area contributed by atoms with E-state index in [1.165, 1.54) is 11.3 Å². The number of carbonyl (C=O) groups excluding carboxylic acids is 2. The van der Waals surface area contributed by atoms with Gasteiger partial charge in [-0.05, 0) is 50.5 Å². The lowest BCUT2D eigenvalue weighted by Crippen LogP contribution is -2.54. The summed E-state index contributed by atoms with van der Waals surface area (Å²) in [7, 11) is 0. The van der Waals surface area contributed by atoms with E-state index in [0.29, 0.717) is 11.3 Å². The number of hydrogen-bond acceptors (Lipinski definition) is 5. The smallest absolute Gasteiger partial charge is 0.303 e. The van der Waals surface area contributed by atoms with Crippen molar-refractivity contribution in [3.63, 3.8) is 0 Å². The summed E-state index contributed by atoms with van der Waals surface area (Å²) in [4.78, 5) is 42.4. The Morgan fingerprint density at radius 2 is 1.82 bits per heavy atom. The maximum Gasteiger partial charge on any atom is 0.303 e. The van der Waals surface area contributed by atoms with Crippen molar-refractivity contribution in [2.24, 2.45) is 0 Å². The number of aromatic nitrogens is 1. The van der Waals surface area contributed by atoms with Crippen molar-refractivity contribution in [3.05, 3.63) is 77.4 Å². The Balaban J connectivity index is 1.69. The second-order valence-electron chi connectivity index (χ2n) is 8.40. The average Bonchev–Trinajstić information content (AvgIpc) is 3.27. The van der Waals surface area contributed by atoms with Crippen LogP contribution < -0.4 is 10.6 Å². The molecule has 1 atom stereocenters. The van der Waals surface area contributed by atoms with Gasteiger partial charge in [0.1, 0.15) is 6.04 Å². The SMILES string of the molecule is CC(C)(Cc1ccccc1)NC(=O)[C@H](CCC(=O)O)NC(=O)c1ccc(-c2cccnc2)s1. The summed E-state index contributed by atoms with van der Waals surface area (Å²) in [6, 6.07) is 16.0. The maximum absolute atomic E-state index is 13.0. The summed E-state index contributed by atoms with van der Waals surface area (Å²) in [5.41, 5.74) is 1.38. The first kappa shape index (κ1) is 24.1. The predicted octanol–water partition coefficient (Wildman–Crippen LogP) is 3.91. The quantitative estimate of drug-likeness (QED) is 0.421. The van der Waals surface area contributed by atoms with Crippen molar-refractivity contribution < 1.29 is 19.5 Å². The molecule has 172 valence electrons. The largest absolute Gasteiger partial charge is 0.481 e. The molecule has 8 heteroatoms. The number of hydrogen-bond donors (Lipinski definition) is 3. The molecule has 0 bridgehead atoms. The van der Waals surface area contributed by atoms with E-state index in [2.05, 4.69) is 15.6 Å². The van der Waals surface area contributed by atoms with Crippen LogP contribution in [0.15, 0.2) is 67.0 Å². The molecule has 7 nitrogen and oxygen atoms in total. The number of pyridine rings is 1. The molecule has 2 heterocycles. The van der Waals surface area contributed by atoms with Crippen LogP contribution in [-0.4, -0.2) is 39.5 Å². The molecule has 0 radical (unpaired) electrons. The Morgan fingerprint density at radius 3 is 2.48 bits per heavy atom. The maximum atomic E-state index is 13.0. The van der Waals surface area contributed by atoms with Gasteiger partial charge in [-0.2, -0.15) is 0 Å². The number of nitrogens with zero attached hydrogens (tertiary/aromatic N) is 1. The fourth-order valence-corrected chi connectivity index (χ4v) is 4.36. The second-order valence-corrected chi connectivity index (χ2v) is 9.48. The molecule has 0 aliphatic heterocycles. The zero-order valence-corrected chi connectivity index (χ0v) is 19.4. The molecule has 0 unspecified atom stereocenters. The summed E-state index contributed by atoms with van der Waals surface area (Å²) in [5, 5.41) is 14.8. The Morgan fingerprint density at radius 1 is 1.06 bits per heavy atom. The van der Waals surface area contributed by atoms with E-state index in [4.69, 9.17) is 5.11 Å². The number of amides is 2. The number of carbonyl (C=O) groups is 3. The summed E-state index contributed by atoms with van der Waals surface area (Å²) in [6.45, 7) is 3.79. The van der Waals surface area contributed by atoms with Gasteiger partial charge in [-0.3, -0.25) is 19.4 Å². The fourth-order valence-electron chi connectivity index (χ4n) is 3.46. The first-order chi connectivity index (χ1) is 15.7. The Hall–Kier alpha value is -3.52. The van der Waals surface area contributed by atoms with E-state index < -0.39 is 29.4 Å². The zero-order chi connectivity index (χ0) is 23.8. The van der Waals surface area contributed by atoms with Crippen molar-refractivity contribution in [3.8, 4) is 10.4 Å². The molecule has 2 aromatic heterocycles. The third kappa shape index (κ3) is 7.25. The van der Waals surface area contributed by atoms with Gasteiger partial charge in [0.15, 0.2) is 0 Å². The molecule has 0 saturated carbocycles. The highest BCUT2D eigenvalue weighted by Gasteiger charge is 2.28. The lowest BCUT2D eigenvalue weighted by Gasteiger charge is -2.29. The molecule has 0 saturated heterocycles. The van der Waals surface area contributed by atoms with Gasteiger partial charge in [-0.25, -0.2) is 0 Å². The number of nitrogens with one attached hydrogen (secondary N) is 2. The van der Waals surface area contributed by atoms with Gasteiger partial charge < -0.3 is 15.7 Å². The summed E-state index contributed by atoms with van der Waals surface area (Å²) in [5.74, 6) is -1.85. The fraction of sp³-hybridized carbons (Fsp3) is 0.280. The molecule has 3 aromatic rings. The molecule has 1 aromatic carbocycles. The van der Waals surface area contributed by atoms with Crippen LogP contribution in [0.3, 0.4) is 0 Å². The summed E-state index contributed by atoms with van der Waals surface area (Å²) in [6.07, 6.45) is 3.75.